The Labute approximate surface area is 93.5 Å². The summed E-state index contributed by atoms with van der Waals surface area (Å²) in [6, 6.07) is 0. The van der Waals surface area contributed by atoms with Gasteiger partial charge < -0.3 is 0 Å². The normalized spacial score (nSPS) is 44.3. The van der Waals surface area contributed by atoms with E-state index < -0.39 is 0 Å². The molecule has 2 radical (unpaired) electrons. The lowest BCUT2D eigenvalue weighted by molar-refractivity contribution is 0.112. The summed E-state index contributed by atoms with van der Waals surface area (Å²) in [5.41, 5.74) is 0. The Morgan fingerprint density at radius 1 is 1.07 bits per heavy atom. The molecule has 0 heteroatoms. The van der Waals surface area contributed by atoms with Gasteiger partial charge in [0.25, 0.3) is 0 Å². The number of fused-ring (bicyclic) bond motifs is 3. The highest BCUT2D eigenvalue weighted by Crippen LogP contribution is 2.48. The van der Waals surface area contributed by atoms with Crippen LogP contribution in [0.15, 0.2) is 24.3 Å². The van der Waals surface area contributed by atoms with E-state index in [1.165, 1.54) is 38.5 Å². The second kappa shape index (κ2) is 4.15. The van der Waals surface area contributed by atoms with Crippen molar-refractivity contribution in [2.24, 2.45) is 23.7 Å². The van der Waals surface area contributed by atoms with Crippen molar-refractivity contribution < 1.29 is 0 Å². The van der Waals surface area contributed by atoms with E-state index in [0.717, 1.165) is 23.7 Å². The third-order valence-electron chi connectivity index (χ3n) is 4.54. The molecule has 0 aromatic heterocycles. The molecule has 3 rings (SSSR count). The van der Waals surface area contributed by atoms with E-state index in [1.807, 2.05) is 0 Å². The van der Waals surface area contributed by atoms with Gasteiger partial charge in [0.05, 0.1) is 0 Å². The quantitative estimate of drug-likeness (QED) is 0.554. The topological polar surface area (TPSA) is 0 Å². The van der Waals surface area contributed by atoms with Crippen molar-refractivity contribution in [1.82, 2.24) is 0 Å². The summed E-state index contributed by atoms with van der Waals surface area (Å²) >= 11 is 0. The molecule has 0 aromatic rings. The minimum Gasteiger partial charge on any atom is -0.0842 e. The molecule has 4 atom stereocenters. The Balaban J connectivity index is 1.81. The van der Waals surface area contributed by atoms with Gasteiger partial charge in [-0.15, -0.1) is 0 Å². The van der Waals surface area contributed by atoms with Crippen LogP contribution in [0.25, 0.3) is 0 Å². The van der Waals surface area contributed by atoms with Gasteiger partial charge in [0.1, 0.15) is 0 Å². The zero-order chi connectivity index (χ0) is 10.1. The van der Waals surface area contributed by atoms with Gasteiger partial charge in [-0.3, -0.25) is 0 Å². The van der Waals surface area contributed by atoms with Gasteiger partial charge in [-0.2, -0.15) is 0 Å². The van der Waals surface area contributed by atoms with Gasteiger partial charge in [0, 0.05) is 0 Å². The largest absolute Gasteiger partial charge is 0.0842 e. The van der Waals surface area contributed by atoms with Crippen molar-refractivity contribution in [3.05, 3.63) is 30.7 Å². The molecule has 3 aliphatic rings. The van der Waals surface area contributed by atoms with E-state index in [1.54, 1.807) is 0 Å². The van der Waals surface area contributed by atoms with E-state index in [4.69, 9.17) is 0 Å². The van der Waals surface area contributed by atoms with Crippen molar-refractivity contribution in [2.45, 2.75) is 38.5 Å². The number of allylic oxidation sites excluding steroid dienone is 4. The van der Waals surface area contributed by atoms with Gasteiger partial charge in [0.2, 0.25) is 0 Å². The molecule has 2 fully saturated rings. The summed E-state index contributed by atoms with van der Waals surface area (Å²) in [7, 11) is 0. The van der Waals surface area contributed by atoms with Crippen LogP contribution >= 0.6 is 0 Å². The highest BCUT2D eigenvalue weighted by atomic mass is 14.4. The first kappa shape index (κ1) is 9.69. The molecule has 0 nitrogen and oxygen atoms in total. The monoisotopic (exact) mass is 200 g/mol. The standard InChI is InChI=1S/C15H20/c1-2-6-12-10-11-13-7-4-5-9-15(13)14(12)8-3-1/h1-3,6,12-15H,4-5,7-8,10-11H2. The molecule has 0 amide bonds. The first-order chi connectivity index (χ1) is 7.45. The fraction of sp³-hybridized carbons (Fsp3) is 0.667. The smallest absolute Gasteiger partial charge is 0.0134 e. The van der Waals surface area contributed by atoms with E-state index in [-0.39, 0.29) is 0 Å². The maximum absolute atomic E-state index is 3.78. The summed E-state index contributed by atoms with van der Waals surface area (Å²) in [5, 5.41) is 0. The molecule has 3 aliphatic carbocycles. The molecule has 0 bridgehead atoms. The molecule has 0 heterocycles. The van der Waals surface area contributed by atoms with Gasteiger partial charge in [-0.1, -0.05) is 37.1 Å². The van der Waals surface area contributed by atoms with E-state index in [9.17, 15) is 0 Å². The first-order valence-corrected chi connectivity index (χ1v) is 6.52. The molecular formula is C15H20. The van der Waals surface area contributed by atoms with Crippen molar-refractivity contribution in [3.8, 4) is 0 Å². The second-order valence-corrected chi connectivity index (χ2v) is 5.34. The fourth-order valence-corrected chi connectivity index (χ4v) is 3.77. The summed E-state index contributed by atoms with van der Waals surface area (Å²) in [6.07, 6.45) is 21.3. The molecule has 2 saturated carbocycles. The molecule has 0 saturated heterocycles. The van der Waals surface area contributed by atoms with Crippen molar-refractivity contribution in [2.75, 3.05) is 0 Å². The molecule has 0 N–H and O–H groups in total. The van der Waals surface area contributed by atoms with Crippen molar-refractivity contribution in [3.63, 3.8) is 0 Å². The van der Waals surface area contributed by atoms with Crippen LogP contribution in [0.5, 0.6) is 0 Å². The van der Waals surface area contributed by atoms with Crippen LogP contribution in [-0.2, 0) is 0 Å². The lowest BCUT2D eigenvalue weighted by Crippen LogP contribution is -2.35. The molecular weight excluding hydrogens is 180 g/mol. The Bertz CT molecular complexity index is 274. The van der Waals surface area contributed by atoms with Gasteiger partial charge >= 0.3 is 0 Å². The SMILES string of the molecule is [C]1CCCC2CCC3C=CC=CCC3C12. The zero-order valence-corrected chi connectivity index (χ0v) is 9.36. The molecule has 80 valence electrons. The van der Waals surface area contributed by atoms with E-state index in [0.29, 0.717) is 0 Å². The number of hydrogen-bond acceptors (Lipinski definition) is 0. The molecule has 4 unspecified atom stereocenters. The maximum atomic E-state index is 3.78. The summed E-state index contributed by atoms with van der Waals surface area (Å²) < 4.78 is 0. The first-order valence-electron chi connectivity index (χ1n) is 6.52. The van der Waals surface area contributed by atoms with Crippen LogP contribution in [0, 0.1) is 30.1 Å². The van der Waals surface area contributed by atoms with Crippen LogP contribution in [0.1, 0.15) is 38.5 Å². The van der Waals surface area contributed by atoms with Gasteiger partial charge in [0.15, 0.2) is 0 Å². The summed E-state index contributed by atoms with van der Waals surface area (Å²) in [6.45, 7) is 0. The van der Waals surface area contributed by atoms with E-state index >= 15 is 0 Å². The fourth-order valence-electron chi connectivity index (χ4n) is 3.77. The molecule has 0 spiro atoms. The predicted molar refractivity (Wildman–Crippen MR) is 63.2 cm³/mol. The molecule has 0 aromatic carbocycles. The zero-order valence-electron chi connectivity index (χ0n) is 9.36. The third-order valence-corrected chi connectivity index (χ3v) is 4.54. The molecule has 0 aliphatic heterocycles. The van der Waals surface area contributed by atoms with Gasteiger partial charge in [-0.05, 0) is 55.8 Å². The van der Waals surface area contributed by atoms with Crippen molar-refractivity contribution in [1.29, 1.82) is 0 Å². The third kappa shape index (κ3) is 1.79. The van der Waals surface area contributed by atoms with Crippen LogP contribution in [0.3, 0.4) is 0 Å². The van der Waals surface area contributed by atoms with Crippen molar-refractivity contribution >= 4 is 0 Å². The molecule has 15 heavy (non-hydrogen) atoms. The highest BCUT2D eigenvalue weighted by molar-refractivity contribution is 5.13. The van der Waals surface area contributed by atoms with E-state index in [2.05, 4.69) is 30.7 Å². The minimum atomic E-state index is 0.810. The van der Waals surface area contributed by atoms with Gasteiger partial charge in [-0.25, -0.2) is 0 Å². The lowest BCUT2D eigenvalue weighted by Gasteiger charge is -2.44. The average molecular weight is 200 g/mol. The van der Waals surface area contributed by atoms with Crippen LogP contribution < -0.4 is 0 Å². The minimum absolute atomic E-state index is 0.810. The Morgan fingerprint density at radius 3 is 3.07 bits per heavy atom. The van der Waals surface area contributed by atoms with Crippen LogP contribution in [-0.4, -0.2) is 0 Å². The second-order valence-electron chi connectivity index (χ2n) is 5.34. The Hall–Kier alpha value is -0.520. The number of rotatable bonds is 0. The lowest BCUT2D eigenvalue weighted by atomic mass is 9.61. The van der Waals surface area contributed by atoms with Crippen LogP contribution in [0.2, 0.25) is 0 Å². The summed E-state index contributed by atoms with van der Waals surface area (Å²) in [5.74, 6) is 3.50. The predicted octanol–water partition coefficient (Wildman–Crippen LogP) is 4.03. The highest BCUT2D eigenvalue weighted by Gasteiger charge is 2.39. The summed E-state index contributed by atoms with van der Waals surface area (Å²) in [4.78, 5) is 0. The Kier molecular flexibility index (Phi) is 2.68. The van der Waals surface area contributed by atoms with Crippen LogP contribution in [0.4, 0.5) is 0 Å². The number of hydrogen-bond donors (Lipinski definition) is 0. The Morgan fingerprint density at radius 2 is 2.07 bits per heavy atom. The maximum Gasteiger partial charge on any atom is -0.0134 e. The average Bonchev–Trinajstić information content (AvgIpc) is 2.54.